The minimum absolute atomic E-state index is 0.209. The van der Waals surface area contributed by atoms with Crippen LogP contribution in [-0.2, 0) is 13.1 Å². The van der Waals surface area contributed by atoms with E-state index in [1.807, 2.05) is 30.5 Å². The van der Waals surface area contributed by atoms with E-state index in [0.717, 1.165) is 16.8 Å². The number of nitrogens with one attached hydrogen (secondary N) is 1. The van der Waals surface area contributed by atoms with Gasteiger partial charge in [0.2, 0.25) is 0 Å². The summed E-state index contributed by atoms with van der Waals surface area (Å²) in [7, 11) is 0. The fraction of sp³-hybridized carbons (Fsp3) is 0.150. The Kier molecular flexibility index (Phi) is 6.15. The second-order valence-corrected chi connectivity index (χ2v) is 8.89. The monoisotopic (exact) mass is 479 g/mol. The van der Waals surface area contributed by atoms with Gasteiger partial charge in [-0.25, -0.2) is 0 Å². The third-order valence-electron chi connectivity index (χ3n) is 4.38. The maximum absolute atomic E-state index is 12.6. The third kappa shape index (κ3) is 4.87. The molecule has 0 aliphatic heterocycles. The molecule has 0 aliphatic rings. The third-order valence-corrected chi connectivity index (χ3v) is 6.14. The topological polar surface area (TPSA) is 64.7 Å². The first kappa shape index (κ1) is 20.9. The van der Waals surface area contributed by atoms with Gasteiger partial charge in [0.1, 0.15) is 0 Å². The van der Waals surface area contributed by atoms with Crippen LogP contribution in [0.5, 0.6) is 0 Å². The lowest BCUT2D eigenvalue weighted by atomic mass is 10.2. The molecule has 30 heavy (non-hydrogen) atoms. The van der Waals surface area contributed by atoms with Gasteiger partial charge in [-0.15, -0.1) is 11.3 Å². The highest BCUT2D eigenvalue weighted by atomic mass is 35.5. The fourth-order valence-corrected chi connectivity index (χ4v) is 4.33. The van der Waals surface area contributed by atoms with Crippen molar-refractivity contribution in [3.8, 4) is 0 Å². The van der Waals surface area contributed by atoms with E-state index < -0.39 is 0 Å². The van der Waals surface area contributed by atoms with Gasteiger partial charge >= 0.3 is 0 Å². The standard InChI is InChI=1S/C20H16Cl3N5OS/c1-12-4-19(26-28(12)9-14-2-3-15(21)6-17(14)23)25-20(29)18-5-13(11-30-18)8-27-10-16(22)7-24-27/h2-7,10-11H,8-9H2,1H3,(H,25,26,29). The number of hydrogen-bond acceptors (Lipinski definition) is 4. The number of aryl methyl sites for hydroxylation is 1. The molecule has 1 aromatic carbocycles. The Morgan fingerprint density at radius 2 is 1.97 bits per heavy atom. The molecule has 0 unspecified atom stereocenters. The van der Waals surface area contributed by atoms with Gasteiger partial charge in [-0.05, 0) is 41.6 Å². The van der Waals surface area contributed by atoms with E-state index in [1.54, 1.807) is 33.9 Å². The quantitative estimate of drug-likeness (QED) is 0.382. The fourth-order valence-electron chi connectivity index (χ4n) is 2.91. The number of carbonyl (C=O) groups is 1. The van der Waals surface area contributed by atoms with E-state index in [1.165, 1.54) is 11.3 Å². The number of hydrogen-bond donors (Lipinski definition) is 1. The highest BCUT2D eigenvalue weighted by Gasteiger charge is 2.14. The molecule has 3 aromatic heterocycles. The minimum atomic E-state index is -0.209. The number of carbonyl (C=O) groups excluding carboxylic acids is 1. The van der Waals surface area contributed by atoms with Crippen molar-refractivity contribution >= 4 is 57.9 Å². The zero-order chi connectivity index (χ0) is 21.3. The lowest BCUT2D eigenvalue weighted by Gasteiger charge is -2.07. The van der Waals surface area contributed by atoms with Crippen LogP contribution >= 0.6 is 46.1 Å². The average Bonchev–Trinajstić information content (AvgIpc) is 3.39. The summed E-state index contributed by atoms with van der Waals surface area (Å²) in [5.74, 6) is 0.273. The van der Waals surface area contributed by atoms with Crippen molar-refractivity contribution in [3.05, 3.63) is 84.9 Å². The molecule has 1 amide bonds. The summed E-state index contributed by atoms with van der Waals surface area (Å²) in [6.45, 7) is 2.95. The van der Waals surface area contributed by atoms with Gasteiger partial charge in [0.25, 0.3) is 5.91 Å². The Morgan fingerprint density at radius 1 is 1.13 bits per heavy atom. The van der Waals surface area contributed by atoms with Crippen LogP contribution in [0.4, 0.5) is 5.82 Å². The Bertz CT molecular complexity index is 1210. The summed E-state index contributed by atoms with van der Waals surface area (Å²) in [5.41, 5.74) is 2.77. The molecule has 3 heterocycles. The Labute approximate surface area is 192 Å². The lowest BCUT2D eigenvalue weighted by Crippen LogP contribution is -2.11. The summed E-state index contributed by atoms with van der Waals surface area (Å²) >= 11 is 19.5. The van der Waals surface area contributed by atoms with Gasteiger partial charge in [-0.1, -0.05) is 40.9 Å². The second-order valence-electron chi connectivity index (χ2n) is 6.69. The van der Waals surface area contributed by atoms with Gasteiger partial charge in [-0.2, -0.15) is 10.2 Å². The average molecular weight is 481 g/mol. The molecule has 4 rings (SSSR count). The number of rotatable bonds is 6. The maximum Gasteiger partial charge on any atom is 0.266 e. The molecular formula is C20H16Cl3N5OS. The summed E-state index contributed by atoms with van der Waals surface area (Å²) < 4.78 is 3.50. The van der Waals surface area contributed by atoms with Crippen molar-refractivity contribution in [1.29, 1.82) is 0 Å². The van der Waals surface area contributed by atoms with Gasteiger partial charge in [-0.3, -0.25) is 14.2 Å². The number of amides is 1. The zero-order valence-corrected chi connectivity index (χ0v) is 18.9. The zero-order valence-electron chi connectivity index (χ0n) is 15.8. The van der Waals surface area contributed by atoms with Crippen molar-refractivity contribution < 1.29 is 4.79 Å². The smallest absolute Gasteiger partial charge is 0.266 e. The van der Waals surface area contributed by atoms with Crippen LogP contribution in [0, 0.1) is 6.92 Å². The first-order chi connectivity index (χ1) is 14.4. The van der Waals surface area contributed by atoms with Gasteiger partial charge < -0.3 is 5.32 Å². The lowest BCUT2D eigenvalue weighted by molar-refractivity contribution is 0.103. The largest absolute Gasteiger partial charge is 0.304 e. The van der Waals surface area contributed by atoms with E-state index in [4.69, 9.17) is 34.8 Å². The molecule has 154 valence electrons. The van der Waals surface area contributed by atoms with E-state index in [-0.39, 0.29) is 5.91 Å². The molecule has 6 nitrogen and oxygen atoms in total. The first-order valence-electron chi connectivity index (χ1n) is 8.92. The van der Waals surface area contributed by atoms with E-state index >= 15 is 0 Å². The van der Waals surface area contributed by atoms with Crippen LogP contribution < -0.4 is 5.32 Å². The molecule has 1 N–H and O–H groups in total. The number of aromatic nitrogens is 4. The number of nitrogens with zero attached hydrogens (tertiary/aromatic N) is 4. The van der Waals surface area contributed by atoms with Crippen LogP contribution in [0.1, 0.15) is 26.5 Å². The molecule has 0 fully saturated rings. The Morgan fingerprint density at radius 3 is 2.70 bits per heavy atom. The van der Waals surface area contributed by atoms with Crippen LogP contribution in [0.15, 0.2) is 48.1 Å². The summed E-state index contributed by atoms with van der Waals surface area (Å²) in [4.78, 5) is 13.2. The number of thiophene rings is 1. The Hall–Kier alpha value is -2.32. The summed E-state index contributed by atoms with van der Waals surface area (Å²) in [5, 5.41) is 15.1. The van der Waals surface area contributed by atoms with Gasteiger partial charge in [0, 0.05) is 28.0 Å². The van der Waals surface area contributed by atoms with E-state index in [2.05, 4.69) is 15.5 Å². The first-order valence-corrected chi connectivity index (χ1v) is 10.9. The molecule has 0 aliphatic carbocycles. The minimum Gasteiger partial charge on any atom is -0.304 e. The highest BCUT2D eigenvalue weighted by Crippen LogP contribution is 2.23. The molecule has 0 atom stereocenters. The molecule has 0 spiro atoms. The van der Waals surface area contributed by atoms with Crippen molar-refractivity contribution in [2.24, 2.45) is 0 Å². The van der Waals surface area contributed by atoms with Crippen molar-refractivity contribution in [2.45, 2.75) is 20.0 Å². The number of halogens is 3. The summed E-state index contributed by atoms with van der Waals surface area (Å²) in [6.07, 6.45) is 3.32. The normalized spacial score (nSPS) is 11.1. The predicted molar refractivity (Wildman–Crippen MR) is 121 cm³/mol. The van der Waals surface area contributed by atoms with Crippen molar-refractivity contribution in [3.63, 3.8) is 0 Å². The molecule has 10 heteroatoms. The van der Waals surface area contributed by atoms with Crippen LogP contribution in [0.3, 0.4) is 0 Å². The van der Waals surface area contributed by atoms with Crippen molar-refractivity contribution in [1.82, 2.24) is 19.6 Å². The molecule has 0 saturated heterocycles. The number of benzene rings is 1. The highest BCUT2D eigenvalue weighted by molar-refractivity contribution is 7.12. The molecule has 0 saturated carbocycles. The van der Waals surface area contributed by atoms with Crippen LogP contribution in [-0.4, -0.2) is 25.5 Å². The molecule has 0 radical (unpaired) electrons. The van der Waals surface area contributed by atoms with E-state index in [0.29, 0.717) is 38.9 Å². The Balaban J connectivity index is 1.43. The SMILES string of the molecule is Cc1cc(NC(=O)c2cc(Cn3cc(Cl)cn3)cs2)nn1Cc1ccc(Cl)cc1Cl. The van der Waals surface area contributed by atoms with Crippen molar-refractivity contribution in [2.75, 3.05) is 5.32 Å². The van der Waals surface area contributed by atoms with Crippen LogP contribution in [0.2, 0.25) is 15.1 Å². The van der Waals surface area contributed by atoms with E-state index in [9.17, 15) is 4.79 Å². The molecule has 0 bridgehead atoms. The number of anilines is 1. The summed E-state index contributed by atoms with van der Waals surface area (Å²) in [6, 6.07) is 9.01. The maximum atomic E-state index is 12.6. The predicted octanol–water partition coefficient (Wildman–Crippen LogP) is 5.76. The second kappa shape index (κ2) is 8.81. The van der Waals surface area contributed by atoms with Crippen LogP contribution in [0.25, 0.3) is 0 Å². The molecular weight excluding hydrogens is 465 g/mol. The van der Waals surface area contributed by atoms with Gasteiger partial charge in [0.15, 0.2) is 5.82 Å². The molecule has 4 aromatic rings. The van der Waals surface area contributed by atoms with Gasteiger partial charge in [0.05, 0.1) is 29.2 Å².